The predicted octanol–water partition coefficient (Wildman–Crippen LogP) is 2.11. The van der Waals surface area contributed by atoms with Crippen LogP contribution in [0, 0.1) is 0 Å². The third-order valence-electron chi connectivity index (χ3n) is 5.03. The Kier molecular flexibility index (Phi) is 2.93. The molecule has 1 aliphatic heterocycles. The molecular weight excluding hydrogens is 284 g/mol. The molecule has 4 nitrogen and oxygen atoms in total. The summed E-state index contributed by atoms with van der Waals surface area (Å²) in [5.41, 5.74) is 8.80. The third-order valence-corrected chi connectivity index (χ3v) is 7.70. The Hall–Kier alpha value is -1.49. The first-order chi connectivity index (χ1) is 9.68. The lowest BCUT2D eigenvalue weighted by molar-refractivity contribution is 0.316. The molecule has 1 saturated heterocycles. The molecule has 3 N–H and O–H groups in total. The van der Waals surface area contributed by atoms with Crippen LogP contribution >= 0.6 is 0 Å². The van der Waals surface area contributed by atoms with Crippen molar-refractivity contribution in [1.29, 1.82) is 0 Å². The van der Waals surface area contributed by atoms with Gasteiger partial charge in [-0.15, -0.1) is 0 Å². The van der Waals surface area contributed by atoms with Crippen molar-refractivity contribution in [2.24, 2.45) is 0 Å². The first-order valence-electron chi connectivity index (χ1n) is 7.27. The van der Waals surface area contributed by atoms with E-state index in [-0.39, 0.29) is 5.75 Å². The first kappa shape index (κ1) is 14.4. The molecule has 3 rings (SSSR count). The van der Waals surface area contributed by atoms with Crippen molar-refractivity contribution in [2.75, 3.05) is 11.5 Å². The first-order valence-corrected chi connectivity index (χ1v) is 8.92. The van der Waals surface area contributed by atoms with Gasteiger partial charge in [0, 0.05) is 11.4 Å². The molecule has 1 aromatic carbocycles. The number of nitrogens with one attached hydrogen (secondary N) is 1. The number of hydrogen-bond donors (Lipinski definition) is 2. The van der Waals surface area contributed by atoms with Crippen LogP contribution in [-0.4, -0.2) is 18.9 Å². The van der Waals surface area contributed by atoms with Crippen LogP contribution in [0.15, 0.2) is 30.5 Å². The minimum Gasteiger partial charge on any atom is -0.399 e. The van der Waals surface area contributed by atoms with Crippen molar-refractivity contribution < 1.29 is 8.42 Å². The highest BCUT2D eigenvalue weighted by Crippen LogP contribution is 2.44. The van der Waals surface area contributed by atoms with Gasteiger partial charge >= 0.3 is 0 Å². The van der Waals surface area contributed by atoms with Gasteiger partial charge in [-0.05, 0) is 56.4 Å². The van der Waals surface area contributed by atoms with Gasteiger partial charge in [0.05, 0.1) is 11.3 Å². The second kappa shape index (κ2) is 4.26. The van der Waals surface area contributed by atoms with Gasteiger partial charge in [0.1, 0.15) is 4.75 Å². The van der Waals surface area contributed by atoms with E-state index >= 15 is 0 Å². The zero-order chi connectivity index (χ0) is 15.5. The molecule has 0 amide bonds. The maximum Gasteiger partial charge on any atom is 0.163 e. The zero-order valence-electron chi connectivity index (χ0n) is 12.6. The van der Waals surface area contributed by atoms with Crippen LogP contribution in [0.1, 0.15) is 37.8 Å². The van der Waals surface area contributed by atoms with Crippen LogP contribution in [0.2, 0.25) is 0 Å². The molecule has 2 aliphatic rings. The van der Waals surface area contributed by atoms with Gasteiger partial charge in [0.15, 0.2) is 9.84 Å². The van der Waals surface area contributed by atoms with E-state index in [2.05, 4.69) is 11.9 Å². The highest BCUT2D eigenvalue weighted by Gasteiger charge is 2.52. The number of rotatable bonds is 0. The molecule has 0 unspecified atom stereocenters. The molecule has 5 heteroatoms. The third kappa shape index (κ3) is 1.98. The fourth-order valence-electron chi connectivity index (χ4n) is 3.42. The fourth-order valence-corrected chi connectivity index (χ4v) is 5.23. The highest BCUT2D eigenvalue weighted by molar-refractivity contribution is 7.93. The van der Waals surface area contributed by atoms with Crippen molar-refractivity contribution in [2.45, 2.75) is 43.4 Å². The number of nitrogen functional groups attached to an aromatic ring is 1. The van der Waals surface area contributed by atoms with Gasteiger partial charge in [-0.25, -0.2) is 8.42 Å². The van der Waals surface area contributed by atoms with E-state index in [1.807, 2.05) is 18.2 Å². The molecule has 1 aromatic rings. The molecular formula is C16H22N2O2S. The van der Waals surface area contributed by atoms with Crippen molar-refractivity contribution in [3.05, 3.63) is 41.6 Å². The Labute approximate surface area is 126 Å². The molecule has 1 spiro atoms. The van der Waals surface area contributed by atoms with E-state index in [1.54, 1.807) is 13.8 Å². The summed E-state index contributed by atoms with van der Waals surface area (Å²) in [6.07, 6.45) is 2.72. The normalized spacial score (nSPS) is 29.7. The lowest BCUT2D eigenvalue weighted by Crippen LogP contribution is -2.60. The molecule has 1 atom stereocenters. The topological polar surface area (TPSA) is 72.2 Å². The lowest BCUT2D eigenvalue weighted by atomic mass is 9.76. The summed E-state index contributed by atoms with van der Waals surface area (Å²) in [6, 6.07) is 5.82. The van der Waals surface area contributed by atoms with Crippen LogP contribution in [0.3, 0.4) is 0 Å². The molecule has 1 heterocycles. The van der Waals surface area contributed by atoms with Crippen LogP contribution in [0.5, 0.6) is 0 Å². The molecule has 114 valence electrons. The van der Waals surface area contributed by atoms with Crippen molar-refractivity contribution >= 4 is 15.5 Å². The van der Waals surface area contributed by atoms with E-state index in [9.17, 15) is 8.42 Å². The summed E-state index contributed by atoms with van der Waals surface area (Å²) in [6.45, 7) is 7.42. The monoisotopic (exact) mass is 306 g/mol. The molecule has 0 bridgehead atoms. The summed E-state index contributed by atoms with van der Waals surface area (Å²) in [5, 5.41) is 3.43. The van der Waals surface area contributed by atoms with Crippen molar-refractivity contribution in [1.82, 2.24) is 5.32 Å². The highest BCUT2D eigenvalue weighted by atomic mass is 32.2. The molecule has 1 fully saturated rings. The predicted molar refractivity (Wildman–Crippen MR) is 85.6 cm³/mol. The van der Waals surface area contributed by atoms with Crippen LogP contribution in [0.25, 0.3) is 0 Å². The molecule has 0 saturated carbocycles. The van der Waals surface area contributed by atoms with E-state index in [0.29, 0.717) is 11.4 Å². The number of anilines is 1. The SMILES string of the molecule is C=C1N[C@@]2(CCCc3ccc(N)cc32)CS(=O)(=O)C1(C)C. The van der Waals surface area contributed by atoms with Crippen LogP contribution < -0.4 is 11.1 Å². The molecule has 0 aromatic heterocycles. The Morgan fingerprint density at radius 2 is 2.05 bits per heavy atom. The van der Waals surface area contributed by atoms with Crippen LogP contribution in [-0.2, 0) is 21.8 Å². The Bertz CT molecular complexity index is 722. The van der Waals surface area contributed by atoms with Gasteiger partial charge in [0.2, 0.25) is 0 Å². The number of aryl methyl sites for hydroxylation is 1. The van der Waals surface area contributed by atoms with Crippen molar-refractivity contribution in [3.63, 3.8) is 0 Å². The number of fused-ring (bicyclic) bond motifs is 2. The molecule has 21 heavy (non-hydrogen) atoms. The summed E-state index contributed by atoms with van der Waals surface area (Å²) < 4.78 is 24.6. The summed E-state index contributed by atoms with van der Waals surface area (Å²) in [7, 11) is -3.28. The van der Waals surface area contributed by atoms with E-state index in [4.69, 9.17) is 5.73 Å². The number of sulfone groups is 1. The maximum atomic E-state index is 12.7. The quantitative estimate of drug-likeness (QED) is 0.720. The fraction of sp³-hybridized carbons (Fsp3) is 0.500. The lowest BCUT2D eigenvalue weighted by Gasteiger charge is -2.48. The second-order valence-electron chi connectivity index (χ2n) is 6.73. The summed E-state index contributed by atoms with van der Waals surface area (Å²) in [4.78, 5) is 0. The Morgan fingerprint density at radius 3 is 2.71 bits per heavy atom. The van der Waals surface area contributed by atoms with Gasteiger partial charge < -0.3 is 11.1 Å². The zero-order valence-corrected chi connectivity index (χ0v) is 13.4. The second-order valence-corrected chi connectivity index (χ2v) is 9.26. The maximum absolute atomic E-state index is 12.7. The van der Waals surface area contributed by atoms with E-state index < -0.39 is 20.1 Å². The molecule has 1 aliphatic carbocycles. The molecule has 0 radical (unpaired) electrons. The average Bonchev–Trinajstić information content (AvgIpc) is 2.37. The minimum atomic E-state index is -3.28. The minimum absolute atomic E-state index is 0.0997. The largest absolute Gasteiger partial charge is 0.399 e. The van der Waals surface area contributed by atoms with Crippen LogP contribution in [0.4, 0.5) is 5.69 Å². The van der Waals surface area contributed by atoms with E-state index in [0.717, 1.165) is 24.8 Å². The number of benzene rings is 1. The Morgan fingerprint density at radius 1 is 1.33 bits per heavy atom. The van der Waals surface area contributed by atoms with Gasteiger partial charge in [0.25, 0.3) is 0 Å². The standard InChI is InChI=1S/C16H22N2O2S/c1-11-15(2,3)21(19,20)10-16(18-11)8-4-5-12-6-7-13(17)9-14(12)16/h6-7,9,18H,1,4-5,8,10,17H2,2-3H3/t16-/m0/s1. The van der Waals surface area contributed by atoms with Gasteiger partial charge in [-0.3, -0.25) is 0 Å². The van der Waals surface area contributed by atoms with Gasteiger partial charge in [-0.1, -0.05) is 12.6 Å². The Balaban J connectivity index is 2.17. The van der Waals surface area contributed by atoms with Crippen molar-refractivity contribution in [3.8, 4) is 0 Å². The average molecular weight is 306 g/mol. The number of hydrogen-bond acceptors (Lipinski definition) is 4. The summed E-state index contributed by atoms with van der Waals surface area (Å²) >= 11 is 0. The smallest absolute Gasteiger partial charge is 0.163 e. The number of nitrogens with two attached hydrogens (primary N) is 1. The van der Waals surface area contributed by atoms with E-state index in [1.165, 1.54) is 5.56 Å². The van der Waals surface area contributed by atoms with Gasteiger partial charge in [-0.2, -0.15) is 0 Å². The summed E-state index contributed by atoms with van der Waals surface area (Å²) in [5.74, 6) is 0.0997.